The topological polar surface area (TPSA) is 65.1 Å². The molecule has 3 aliphatic rings. The molecule has 3 aromatic carbocycles. The molecule has 266 valence electrons. The molecule has 2 heterocycles. The molecule has 3 aromatic rings. The molecule has 2 aliphatic heterocycles. The predicted molar refractivity (Wildman–Crippen MR) is 190 cm³/mol. The summed E-state index contributed by atoms with van der Waals surface area (Å²) in [4.78, 5) is 34.5. The van der Waals surface area contributed by atoms with Gasteiger partial charge in [0.2, 0.25) is 5.91 Å². The molecule has 10 heteroatoms. The molecule has 50 heavy (non-hydrogen) atoms. The van der Waals surface area contributed by atoms with Gasteiger partial charge in [0, 0.05) is 61.1 Å². The summed E-state index contributed by atoms with van der Waals surface area (Å²) in [5.41, 5.74) is 2.60. The number of carbonyl (C=O) groups excluding carboxylic acids is 2. The van der Waals surface area contributed by atoms with Crippen molar-refractivity contribution < 1.29 is 27.5 Å². The van der Waals surface area contributed by atoms with Crippen molar-refractivity contribution in [3.05, 3.63) is 102 Å². The number of carbonyl (C=O) groups is 2. The minimum atomic E-state index is -4.54. The maximum Gasteiger partial charge on any atom is 0.405 e. The molecule has 0 atom stereocenters. The summed E-state index contributed by atoms with van der Waals surface area (Å²) in [6.45, 7) is 8.89. The zero-order valence-corrected chi connectivity index (χ0v) is 28.8. The standard InChI is InChI=1S/C40H47F3N4O3/c1-3-22-47(30-13-5-4-6-14-30)37(48)31-15-11-18-34(29(31)2)46-26-24-45(25-27-46)23-12-21-39(38(49)44-28-40(41,42)43)32-16-7-9-19-35(32)50-36-20-10-8-17-33(36)39/h3,7-11,15-20,30H,1,4-6,12-14,21-28H2,2H3,(H,44,49). The van der Waals surface area contributed by atoms with E-state index in [1.807, 2.05) is 30.0 Å². The van der Waals surface area contributed by atoms with E-state index in [0.29, 0.717) is 48.6 Å². The van der Waals surface area contributed by atoms with Crippen molar-refractivity contribution >= 4 is 17.5 Å². The molecule has 2 amide bonds. The number of halogens is 3. The van der Waals surface area contributed by atoms with E-state index >= 15 is 0 Å². The van der Waals surface area contributed by atoms with Crippen LogP contribution in [0.2, 0.25) is 0 Å². The molecule has 1 aliphatic carbocycles. The molecule has 0 radical (unpaired) electrons. The van der Waals surface area contributed by atoms with Gasteiger partial charge in [0.25, 0.3) is 5.91 Å². The van der Waals surface area contributed by atoms with Gasteiger partial charge in [-0.25, -0.2) is 0 Å². The average molecular weight is 689 g/mol. The van der Waals surface area contributed by atoms with Gasteiger partial charge in [-0.3, -0.25) is 14.5 Å². The number of hydrogen-bond acceptors (Lipinski definition) is 5. The van der Waals surface area contributed by atoms with Crippen LogP contribution in [0.3, 0.4) is 0 Å². The summed E-state index contributed by atoms with van der Waals surface area (Å²) >= 11 is 0. The van der Waals surface area contributed by atoms with E-state index in [-0.39, 0.29) is 11.9 Å². The van der Waals surface area contributed by atoms with E-state index in [1.54, 1.807) is 48.5 Å². The maximum absolute atomic E-state index is 13.9. The van der Waals surface area contributed by atoms with E-state index in [9.17, 15) is 22.8 Å². The van der Waals surface area contributed by atoms with Crippen molar-refractivity contribution in [2.75, 3.05) is 50.7 Å². The molecule has 0 bridgehead atoms. The first kappa shape index (κ1) is 35.5. The third-order valence-electron chi connectivity index (χ3n) is 10.6. The van der Waals surface area contributed by atoms with Gasteiger partial charge in [0.15, 0.2) is 0 Å². The van der Waals surface area contributed by atoms with Crippen LogP contribution in [0.1, 0.15) is 72.0 Å². The first-order valence-corrected chi connectivity index (χ1v) is 17.8. The number of nitrogens with zero attached hydrogens (tertiary/aromatic N) is 3. The Morgan fingerprint density at radius 3 is 2.20 bits per heavy atom. The Kier molecular flexibility index (Phi) is 10.9. The quantitative estimate of drug-likeness (QED) is 0.210. The van der Waals surface area contributed by atoms with Crippen LogP contribution in [0, 0.1) is 6.92 Å². The van der Waals surface area contributed by atoms with Gasteiger partial charge < -0.3 is 19.9 Å². The van der Waals surface area contributed by atoms with Crippen LogP contribution in [0.25, 0.3) is 0 Å². The van der Waals surface area contributed by atoms with Gasteiger partial charge in [-0.2, -0.15) is 13.2 Å². The Labute approximate surface area is 293 Å². The van der Waals surface area contributed by atoms with Crippen molar-refractivity contribution in [2.24, 2.45) is 0 Å². The second-order valence-electron chi connectivity index (χ2n) is 13.7. The number of benzene rings is 3. The fraction of sp³-hybridized carbons (Fsp3) is 0.450. The van der Waals surface area contributed by atoms with Crippen LogP contribution in [-0.4, -0.2) is 79.6 Å². The Hall–Kier alpha value is -4.31. The highest BCUT2D eigenvalue weighted by atomic mass is 19.4. The number of anilines is 1. The van der Waals surface area contributed by atoms with Gasteiger partial charge in [-0.1, -0.05) is 67.8 Å². The molecule has 0 spiro atoms. The van der Waals surface area contributed by atoms with Crippen LogP contribution < -0.4 is 15.0 Å². The van der Waals surface area contributed by atoms with Gasteiger partial charge in [0.05, 0.1) is 0 Å². The highest BCUT2D eigenvalue weighted by Gasteiger charge is 2.48. The van der Waals surface area contributed by atoms with Crippen molar-refractivity contribution in [1.82, 2.24) is 15.1 Å². The summed E-state index contributed by atoms with van der Waals surface area (Å²) in [5.74, 6) is 0.343. The van der Waals surface area contributed by atoms with Crippen molar-refractivity contribution in [3.8, 4) is 11.5 Å². The number of para-hydroxylation sites is 2. The van der Waals surface area contributed by atoms with Crippen LogP contribution in [-0.2, 0) is 10.2 Å². The summed E-state index contributed by atoms with van der Waals surface area (Å²) in [7, 11) is 0. The molecule has 0 aromatic heterocycles. The summed E-state index contributed by atoms with van der Waals surface area (Å²) in [6, 6.07) is 20.5. The van der Waals surface area contributed by atoms with Gasteiger partial charge in [-0.05, 0) is 69.0 Å². The molecule has 0 unspecified atom stereocenters. The highest BCUT2D eigenvalue weighted by molar-refractivity contribution is 5.97. The molecule has 1 saturated heterocycles. The van der Waals surface area contributed by atoms with E-state index in [2.05, 4.69) is 27.8 Å². The molecule has 7 nitrogen and oxygen atoms in total. The van der Waals surface area contributed by atoms with E-state index in [1.165, 1.54) is 6.42 Å². The van der Waals surface area contributed by atoms with Crippen molar-refractivity contribution in [1.29, 1.82) is 0 Å². The molecular formula is C40H47F3N4O3. The number of ether oxygens (including phenoxy) is 1. The lowest BCUT2D eigenvalue weighted by Crippen LogP contribution is -2.50. The first-order valence-electron chi connectivity index (χ1n) is 17.8. The minimum absolute atomic E-state index is 0.0687. The third kappa shape index (κ3) is 7.41. The lowest BCUT2D eigenvalue weighted by atomic mass is 9.68. The largest absolute Gasteiger partial charge is 0.457 e. The normalized spacial score (nSPS) is 17.6. The zero-order valence-electron chi connectivity index (χ0n) is 28.8. The number of hydrogen-bond donors (Lipinski definition) is 1. The van der Waals surface area contributed by atoms with Crippen molar-refractivity contribution in [3.63, 3.8) is 0 Å². The van der Waals surface area contributed by atoms with Crippen molar-refractivity contribution in [2.45, 2.75) is 69.5 Å². The van der Waals surface area contributed by atoms with Crippen LogP contribution >= 0.6 is 0 Å². The monoisotopic (exact) mass is 688 g/mol. The number of fused-ring (bicyclic) bond motifs is 2. The van der Waals surface area contributed by atoms with Gasteiger partial charge in [-0.15, -0.1) is 6.58 Å². The highest BCUT2D eigenvalue weighted by Crippen LogP contribution is 2.50. The zero-order chi connectivity index (χ0) is 35.3. The second-order valence-corrected chi connectivity index (χ2v) is 13.7. The summed E-state index contributed by atoms with van der Waals surface area (Å²) in [5, 5.41) is 2.21. The smallest absolute Gasteiger partial charge is 0.405 e. The van der Waals surface area contributed by atoms with Crippen LogP contribution in [0.4, 0.5) is 18.9 Å². The van der Waals surface area contributed by atoms with Crippen LogP contribution in [0.15, 0.2) is 79.4 Å². The van der Waals surface area contributed by atoms with E-state index < -0.39 is 24.0 Å². The molecule has 1 N–H and O–H groups in total. The van der Waals surface area contributed by atoms with E-state index in [0.717, 1.165) is 68.7 Å². The minimum Gasteiger partial charge on any atom is -0.457 e. The van der Waals surface area contributed by atoms with Gasteiger partial charge in [0.1, 0.15) is 23.5 Å². The van der Waals surface area contributed by atoms with E-state index in [4.69, 9.17) is 4.74 Å². The molecular weight excluding hydrogens is 641 g/mol. The Balaban J connectivity index is 1.14. The lowest BCUT2D eigenvalue weighted by Gasteiger charge is -2.40. The fourth-order valence-electron chi connectivity index (χ4n) is 8.10. The van der Waals surface area contributed by atoms with Gasteiger partial charge >= 0.3 is 6.18 Å². The Bertz CT molecular complexity index is 1630. The SMILES string of the molecule is C=CCN(C(=O)c1cccc(N2CCN(CCCC3(C(=O)NCC(F)(F)F)c4ccccc4Oc4ccccc43)CC2)c1C)C1CCCCC1. The number of piperazine rings is 1. The van der Waals surface area contributed by atoms with Crippen LogP contribution in [0.5, 0.6) is 11.5 Å². The third-order valence-corrected chi connectivity index (χ3v) is 10.6. The second kappa shape index (κ2) is 15.3. The summed E-state index contributed by atoms with van der Waals surface area (Å²) < 4.78 is 46.0. The number of rotatable bonds is 11. The first-order chi connectivity index (χ1) is 24.1. The molecule has 1 saturated carbocycles. The Morgan fingerprint density at radius 1 is 0.940 bits per heavy atom. The number of nitrogens with one attached hydrogen (secondary N) is 1. The molecule has 6 rings (SSSR count). The molecule has 2 fully saturated rings. The Morgan fingerprint density at radius 2 is 1.58 bits per heavy atom. The fourth-order valence-corrected chi connectivity index (χ4v) is 8.10. The number of alkyl halides is 3. The predicted octanol–water partition coefficient (Wildman–Crippen LogP) is 7.63. The number of amides is 2. The lowest BCUT2D eigenvalue weighted by molar-refractivity contribution is -0.141. The maximum atomic E-state index is 13.9. The summed E-state index contributed by atoms with van der Waals surface area (Å²) in [6.07, 6.45) is 3.78. The average Bonchev–Trinajstić information content (AvgIpc) is 3.13.